The molecule has 78 valence electrons. The van der Waals surface area contributed by atoms with Gasteiger partial charge in [0.2, 0.25) is 0 Å². The van der Waals surface area contributed by atoms with Crippen LogP contribution < -0.4 is 5.32 Å². The number of hydrogen-bond donors (Lipinski definition) is 1. The van der Waals surface area contributed by atoms with Gasteiger partial charge in [0.15, 0.2) is 0 Å². The minimum absolute atomic E-state index is 0.00238. The molecule has 0 aliphatic carbocycles. The Hall–Kier alpha value is -0.400. The Labute approximate surface area is 109 Å². The van der Waals surface area contributed by atoms with Crippen molar-refractivity contribution in [2.24, 2.45) is 0 Å². The summed E-state index contributed by atoms with van der Waals surface area (Å²) in [5.74, 6) is 0.00238. The summed E-state index contributed by atoms with van der Waals surface area (Å²) in [5, 5.41) is 6.78. The third-order valence-corrected chi connectivity index (χ3v) is 4.50. The molecule has 2 nitrogen and oxygen atoms in total. The van der Waals surface area contributed by atoms with Crippen LogP contribution in [0.4, 0.5) is 0 Å². The zero-order chi connectivity index (χ0) is 10.7. The van der Waals surface area contributed by atoms with Crippen molar-refractivity contribution >= 4 is 51.2 Å². The van der Waals surface area contributed by atoms with E-state index < -0.39 is 0 Å². The number of carbonyl (C=O) groups is 1. The molecule has 1 N–H and O–H groups in total. The molecule has 0 aromatic carbocycles. The van der Waals surface area contributed by atoms with Gasteiger partial charge in [-0.3, -0.25) is 4.79 Å². The molecule has 5 heteroatoms. The molecule has 0 saturated carbocycles. The summed E-state index contributed by atoms with van der Waals surface area (Å²) in [5.41, 5.74) is 0.751. The molecule has 0 aliphatic rings. The van der Waals surface area contributed by atoms with Gasteiger partial charge in [0.25, 0.3) is 5.91 Å². The first-order chi connectivity index (χ1) is 7.25. The van der Waals surface area contributed by atoms with Gasteiger partial charge in [-0.2, -0.15) is 0 Å². The monoisotopic (exact) mass is 349 g/mol. The van der Waals surface area contributed by atoms with Crippen molar-refractivity contribution in [2.75, 3.05) is 0 Å². The van der Waals surface area contributed by atoms with Crippen LogP contribution in [0, 0.1) is 2.88 Å². The summed E-state index contributed by atoms with van der Waals surface area (Å²) >= 11 is 5.45. The third-order valence-electron chi connectivity index (χ3n) is 1.83. The summed E-state index contributed by atoms with van der Waals surface area (Å²) in [6.45, 7) is 0.614. The number of nitrogens with one attached hydrogen (secondary N) is 1. The van der Waals surface area contributed by atoms with Gasteiger partial charge >= 0.3 is 0 Å². The number of halogens is 1. The first-order valence-corrected chi connectivity index (χ1v) is 7.14. The zero-order valence-electron chi connectivity index (χ0n) is 7.70. The number of thiophene rings is 2. The van der Waals surface area contributed by atoms with Crippen LogP contribution in [0.25, 0.3) is 0 Å². The van der Waals surface area contributed by atoms with Crippen LogP contribution in [0.15, 0.2) is 29.0 Å². The lowest BCUT2D eigenvalue weighted by Crippen LogP contribution is -2.21. The van der Waals surface area contributed by atoms with Gasteiger partial charge in [-0.05, 0) is 40.1 Å². The molecular weight excluding hydrogens is 341 g/mol. The van der Waals surface area contributed by atoms with Crippen molar-refractivity contribution in [2.45, 2.75) is 6.54 Å². The largest absolute Gasteiger partial charge is 0.347 e. The normalized spacial score (nSPS) is 10.2. The molecule has 0 radical (unpaired) electrons. The Morgan fingerprint density at radius 3 is 2.93 bits per heavy atom. The lowest BCUT2D eigenvalue weighted by molar-refractivity contribution is 0.0952. The first-order valence-electron chi connectivity index (χ1n) is 4.30. The van der Waals surface area contributed by atoms with Crippen LogP contribution >= 0.6 is 45.3 Å². The summed E-state index contributed by atoms with van der Waals surface area (Å²) < 4.78 is 1.13. The molecule has 2 aromatic rings. The molecule has 0 aliphatic heterocycles. The maximum atomic E-state index is 11.7. The SMILES string of the molecule is O=C(NCc1cccs1)c1csc(I)c1. The van der Waals surface area contributed by atoms with Crippen LogP contribution in [0.1, 0.15) is 15.2 Å². The van der Waals surface area contributed by atoms with Crippen molar-refractivity contribution < 1.29 is 4.79 Å². The molecule has 2 heterocycles. The summed E-state index contributed by atoms with van der Waals surface area (Å²) in [7, 11) is 0. The molecule has 15 heavy (non-hydrogen) atoms. The van der Waals surface area contributed by atoms with E-state index in [1.165, 1.54) is 4.88 Å². The lowest BCUT2D eigenvalue weighted by Gasteiger charge is -2.00. The maximum absolute atomic E-state index is 11.7. The van der Waals surface area contributed by atoms with Gasteiger partial charge < -0.3 is 5.32 Å². The van der Waals surface area contributed by atoms with Gasteiger partial charge in [-0.1, -0.05) is 6.07 Å². The molecule has 0 saturated heterocycles. The smallest absolute Gasteiger partial charge is 0.252 e. The van der Waals surface area contributed by atoms with Crippen molar-refractivity contribution in [1.29, 1.82) is 0 Å². The van der Waals surface area contributed by atoms with E-state index in [-0.39, 0.29) is 5.91 Å². The minimum Gasteiger partial charge on any atom is -0.347 e. The second-order valence-electron chi connectivity index (χ2n) is 2.90. The molecule has 0 unspecified atom stereocenters. The van der Waals surface area contributed by atoms with E-state index in [1.54, 1.807) is 22.7 Å². The van der Waals surface area contributed by atoms with Gasteiger partial charge in [0.05, 0.1) is 15.0 Å². The fourth-order valence-corrected chi connectivity index (χ4v) is 3.08. The lowest BCUT2D eigenvalue weighted by atomic mass is 10.3. The van der Waals surface area contributed by atoms with Crippen LogP contribution in [0.2, 0.25) is 0 Å². The van der Waals surface area contributed by atoms with Gasteiger partial charge in [-0.15, -0.1) is 22.7 Å². The Kier molecular flexibility index (Phi) is 3.76. The molecule has 0 bridgehead atoms. The van der Waals surface area contributed by atoms with Gasteiger partial charge in [0, 0.05) is 10.3 Å². The highest BCUT2D eigenvalue weighted by molar-refractivity contribution is 14.1. The summed E-state index contributed by atoms with van der Waals surface area (Å²) in [6, 6.07) is 5.90. The molecule has 0 spiro atoms. The first kappa shape index (κ1) is 11.1. The highest BCUT2D eigenvalue weighted by Gasteiger charge is 2.07. The van der Waals surface area contributed by atoms with E-state index in [4.69, 9.17) is 0 Å². The van der Waals surface area contributed by atoms with Gasteiger partial charge in [-0.25, -0.2) is 0 Å². The van der Waals surface area contributed by atoms with Gasteiger partial charge in [0.1, 0.15) is 0 Å². The van der Waals surface area contributed by atoms with E-state index in [0.717, 1.165) is 8.45 Å². The van der Waals surface area contributed by atoms with E-state index >= 15 is 0 Å². The second-order valence-corrected chi connectivity index (χ2v) is 6.74. The van der Waals surface area contributed by atoms with Crippen molar-refractivity contribution in [3.63, 3.8) is 0 Å². The van der Waals surface area contributed by atoms with Crippen LogP contribution in [-0.2, 0) is 6.54 Å². The molecule has 0 atom stereocenters. The van der Waals surface area contributed by atoms with Crippen molar-refractivity contribution in [3.05, 3.63) is 42.3 Å². The highest BCUT2D eigenvalue weighted by atomic mass is 127. The van der Waals surface area contributed by atoms with Crippen LogP contribution in [0.3, 0.4) is 0 Å². The van der Waals surface area contributed by atoms with Crippen LogP contribution in [-0.4, -0.2) is 5.91 Å². The fourth-order valence-electron chi connectivity index (χ4n) is 1.11. The standard InChI is InChI=1S/C10H8INOS2/c11-9-4-7(6-15-9)10(13)12-5-8-2-1-3-14-8/h1-4,6H,5H2,(H,12,13). The zero-order valence-corrected chi connectivity index (χ0v) is 11.5. The quantitative estimate of drug-likeness (QED) is 0.846. The third kappa shape index (κ3) is 3.02. The number of hydrogen-bond acceptors (Lipinski definition) is 3. The molecule has 2 rings (SSSR count). The molecule has 0 fully saturated rings. The topological polar surface area (TPSA) is 29.1 Å². The Morgan fingerprint density at radius 1 is 1.47 bits per heavy atom. The predicted octanol–water partition coefficient (Wildman–Crippen LogP) is 3.34. The minimum atomic E-state index is 0.00238. The predicted molar refractivity (Wildman–Crippen MR) is 72.5 cm³/mol. The average Bonchev–Trinajstić information content (AvgIpc) is 2.84. The van der Waals surface area contributed by atoms with Crippen molar-refractivity contribution in [1.82, 2.24) is 5.32 Å². The van der Waals surface area contributed by atoms with E-state index in [1.807, 2.05) is 29.0 Å². The summed E-state index contributed by atoms with van der Waals surface area (Å²) in [4.78, 5) is 12.8. The highest BCUT2D eigenvalue weighted by Crippen LogP contribution is 2.16. The second kappa shape index (κ2) is 5.09. The number of amides is 1. The van der Waals surface area contributed by atoms with Crippen LogP contribution in [0.5, 0.6) is 0 Å². The van der Waals surface area contributed by atoms with E-state index in [0.29, 0.717) is 6.54 Å². The Balaban J connectivity index is 1.93. The van der Waals surface area contributed by atoms with E-state index in [9.17, 15) is 4.79 Å². The Bertz CT molecular complexity index is 450. The van der Waals surface area contributed by atoms with E-state index in [2.05, 4.69) is 27.9 Å². The molecular formula is C10H8INOS2. The number of carbonyl (C=O) groups excluding carboxylic acids is 1. The summed E-state index contributed by atoms with van der Waals surface area (Å²) in [6.07, 6.45) is 0. The fraction of sp³-hybridized carbons (Fsp3) is 0.100. The maximum Gasteiger partial charge on any atom is 0.252 e. The number of rotatable bonds is 3. The molecule has 2 aromatic heterocycles. The van der Waals surface area contributed by atoms with Crippen molar-refractivity contribution in [3.8, 4) is 0 Å². The average molecular weight is 349 g/mol. The molecule has 1 amide bonds. The Morgan fingerprint density at radius 2 is 2.33 bits per heavy atom.